The van der Waals surface area contributed by atoms with Crippen LogP contribution < -0.4 is 19.5 Å². The zero-order valence-corrected chi connectivity index (χ0v) is 17.5. The summed E-state index contributed by atoms with van der Waals surface area (Å²) in [6.45, 7) is 0. The number of nitrogens with one attached hydrogen (secondary N) is 1. The van der Waals surface area contributed by atoms with Gasteiger partial charge in [0.25, 0.3) is 5.22 Å². The number of carbonyl (C=O) groups excluding carboxylic acids is 1. The molecule has 0 saturated heterocycles. The van der Waals surface area contributed by atoms with Crippen LogP contribution in [0.4, 0.5) is 5.69 Å². The zero-order chi connectivity index (χ0) is 20.8. The van der Waals surface area contributed by atoms with E-state index in [2.05, 4.69) is 15.5 Å². The molecule has 1 N–H and O–H groups in total. The average Bonchev–Trinajstić information content (AvgIpc) is 3.22. The first-order valence-corrected chi connectivity index (χ1v) is 9.72. The third-order valence-corrected chi connectivity index (χ3v) is 4.91. The fourth-order valence-corrected chi connectivity index (χ4v) is 3.22. The fraction of sp³-hybridized carbons (Fsp3) is 0.211. The van der Waals surface area contributed by atoms with Crippen LogP contribution in [0.2, 0.25) is 5.02 Å². The number of nitrogens with zero attached hydrogens (tertiary/aromatic N) is 2. The summed E-state index contributed by atoms with van der Waals surface area (Å²) in [7, 11) is 4.57. The molecule has 0 aliphatic rings. The lowest BCUT2D eigenvalue weighted by atomic mass is 10.2. The van der Waals surface area contributed by atoms with Gasteiger partial charge in [0.05, 0.1) is 37.8 Å². The molecule has 3 aromatic rings. The van der Waals surface area contributed by atoms with Gasteiger partial charge in [-0.3, -0.25) is 4.79 Å². The van der Waals surface area contributed by atoms with E-state index in [1.807, 2.05) is 18.2 Å². The Balaban J connectivity index is 1.63. The third-order valence-electron chi connectivity index (χ3n) is 3.80. The normalized spacial score (nSPS) is 10.5. The number of amides is 1. The van der Waals surface area contributed by atoms with Gasteiger partial charge in [-0.25, -0.2) is 0 Å². The Morgan fingerprint density at radius 3 is 2.62 bits per heavy atom. The molecule has 1 amide bonds. The average molecular weight is 436 g/mol. The Labute approximate surface area is 176 Å². The molecule has 0 bridgehead atoms. The second kappa shape index (κ2) is 9.53. The van der Waals surface area contributed by atoms with Crippen molar-refractivity contribution in [1.29, 1.82) is 0 Å². The maximum absolute atomic E-state index is 12.3. The van der Waals surface area contributed by atoms with E-state index in [1.54, 1.807) is 25.3 Å². The van der Waals surface area contributed by atoms with E-state index in [-0.39, 0.29) is 16.9 Å². The summed E-state index contributed by atoms with van der Waals surface area (Å²) < 4.78 is 21.2. The van der Waals surface area contributed by atoms with Crippen LogP contribution >= 0.6 is 23.4 Å². The second-order valence-corrected chi connectivity index (χ2v) is 6.96. The van der Waals surface area contributed by atoms with Crippen molar-refractivity contribution < 1.29 is 23.4 Å². The minimum absolute atomic E-state index is 0.0621. The standard InChI is InChI=1S/C19H18ClN3O5S/c1-25-12-6-4-5-11(7-12)18-22-23-19(28-18)29-10-17(24)21-14-8-13(20)15(26-2)9-16(14)27-3/h4-9H,10H2,1-3H3,(H,21,24). The Kier molecular flexibility index (Phi) is 6.84. The van der Waals surface area contributed by atoms with E-state index in [0.717, 1.165) is 17.3 Å². The topological polar surface area (TPSA) is 95.7 Å². The summed E-state index contributed by atoms with van der Waals surface area (Å²) >= 11 is 7.23. The van der Waals surface area contributed by atoms with E-state index in [4.69, 9.17) is 30.2 Å². The summed E-state index contributed by atoms with van der Waals surface area (Å²) in [6.07, 6.45) is 0. The molecule has 29 heavy (non-hydrogen) atoms. The molecular weight excluding hydrogens is 418 g/mol. The molecule has 0 aliphatic heterocycles. The molecule has 0 spiro atoms. The van der Waals surface area contributed by atoms with E-state index < -0.39 is 0 Å². The van der Waals surface area contributed by atoms with Gasteiger partial charge in [0.15, 0.2) is 0 Å². The van der Waals surface area contributed by atoms with Gasteiger partial charge >= 0.3 is 0 Å². The highest BCUT2D eigenvalue weighted by Gasteiger charge is 2.15. The predicted octanol–water partition coefficient (Wildman–Crippen LogP) is 4.15. The Hall–Kier alpha value is -2.91. The Morgan fingerprint density at radius 2 is 1.90 bits per heavy atom. The number of rotatable bonds is 8. The maximum Gasteiger partial charge on any atom is 0.277 e. The third kappa shape index (κ3) is 5.12. The van der Waals surface area contributed by atoms with Crippen molar-refractivity contribution in [2.75, 3.05) is 32.4 Å². The molecule has 1 heterocycles. The summed E-state index contributed by atoms with van der Waals surface area (Å²) in [5.41, 5.74) is 1.16. The van der Waals surface area contributed by atoms with E-state index >= 15 is 0 Å². The lowest BCUT2D eigenvalue weighted by Crippen LogP contribution is -2.14. The smallest absolute Gasteiger partial charge is 0.277 e. The highest BCUT2D eigenvalue weighted by Crippen LogP contribution is 2.36. The van der Waals surface area contributed by atoms with Gasteiger partial charge < -0.3 is 23.9 Å². The molecule has 10 heteroatoms. The minimum atomic E-state index is -0.282. The van der Waals surface area contributed by atoms with Crippen LogP contribution in [0.1, 0.15) is 0 Å². The lowest BCUT2D eigenvalue weighted by molar-refractivity contribution is -0.113. The molecule has 0 saturated carbocycles. The number of methoxy groups -OCH3 is 3. The first-order valence-electron chi connectivity index (χ1n) is 8.36. The van der Waals surface area contributed by atoms with Crippen LogP contribution in [-0.2, 0) is 4.79 Å². The van der Waals surface area contributed by atoms with E-state index in [9.17, 15) is 4.79 Å². The zero-order valence-electron chi connectivity index (χ0n) is 15.9. The molecule has 0 aliphatic carbocycles. The number of aromatic nitrogens is 2. The van der Waals surface area contributed by atoms with Gasteiger partial charge in [0, 0.05) is 11.6 Å². The van der Waals surface area contributed by atoms with Crippen LogP contribution in [0.5, 0.6) is 17.2 Å². The number of halogens is 1. The number of benzene rings is 2. The highest BCUT2D eigenvalue weighted by atomic mass is 35.5. The summed E-state index contributed by atoms with van der Waals surface area (Å²) in [6, 6.07) is 10.4. The first-order chi connectivity index (χ1) is 14.0. The molecule has 0 unspecified atom stereocenters. The molecule has 3 rings (SSSR count). The number of carbonyl (C=O) groups is 1. The minimum Gasteiger partial charge on any atom is -0.497 e. The van der Waals surface area contributed by atoms with Gasteiger partial charge in [0.1, 0.15) is 17.2 Å². The summed E-state index contributed by atoms with van der Waals surface area (Å²) in [4.78, 5) is 12.3. The second-order valence-electron chi connectivity index (χ2n) is 5.63. The van der Waals surface area contributed by atoms with Gasteiger partial charge in [-0.2, -0.15) is 0 Å². The van der Waals surface area contributed by atoms with Crippen LogP contribution in [-0.4, -0.2) is 43.2 Å². The van der Waals surface area contributed by atoms with Crippen molar-refractivity contribution in [2.45, 2.75) is 5.22 Å². The summed E-state index contributed by atoms with van der Waals surface area (Å²) in [5, 5.41) is 11.3. The molecule has 2 aromatic carbocycles. The first kappa shape index (κ1) is 20.8. The molecule has 0 radical (unpaired) electrons. The molecule has 0 atom stereocenters. The highest BCUT2D eigenvalue weighted by molar-refractivity contribution is 7.99. The maximum atomic E-state index is 12.3. The van der Waals surface area contributed by atoms with Crippen molar-refractivity contribution >= 4 is 35.0 Å². The summed E-state index contributed by atoms with van der Waals surface area (Å²) in [5.74, 6) is 1.69. The van der Waals surface area contributed by atoms with Crippen molar-refractivity contribution in [3.05, 3.63) is 41.4 Å². The van der Waals surface area contributed by atoms with Crippen molar-refractivity contribution in [2.24, 2.45) is 0 Å². The van der Waals surface area contributed by atoms with Gasteiger partial charge in [-0.15, -0.1) is 10.2 Å². The van der Waals surface area contributed by atoms with Gasteiger partial charge in [-0.1, -0.05) is 29.4 Å². The van der Waals surface area contributed by atoms with E-state index in [0.29, 0.717) is 33.8 Å². The molecular formula is C19H18ClN3O5S. The number of ether oxygens (including phenoxy) is 3. The van der Waals surface area contributed by atoms with Crippen LogP contribution in [0.25, 0.3) is 11.5 Å². The molecule has 0 fully saturated rings. The Bertz CT molecular complexity index is 1010. The Morgan fingerprint density at radius 1 is 1.10 bits per heavy atom. The largest absolute Gasteiger partial charge is 0.497 e. The monoisotopic (exact) mass is 435 g/mol. The predicted molar refractivity (Wildman–Crippen MR) is 110 cm³/mol. The number of thioether (sulfide) groups is 1. The fourth-order valence-electron chi connectivity index (χ4n) is 2.41. The van der Waals surface area contributed by atoms with Crippen molar-refractivity contribution in [3.63, 3.8) is 0 Å². The van der Waals surface area contributed by atoms with Crippen LogP contribution in [0.15, 0.2) is 46.0 Å². The number of hydrogen-bond donors (Lipinski definition) is 1. The van der Waals surface area contributed by atoms with E-state index in [1.165, 1.54) is 14.2 Å². The van der Waals surface area contributed by atoms with Crippen LogP contribution in [0, 0.1) is 0 Å². The number of hydrogen-bond acceptors (Lipinski definition) is 8. The quantitative estimate of drug-likeness (QED) is 0.527. The number of anilines is 1. The van der Waals surface area contributed by atoms with Gasteiger partial charge in [0.2, 0.25) is 11.8 Å². The molecule has 8 nitrogen and oxygen atoms in total. The van der Waals surface area contributed by atoms with Crippen molar-refractivity contribution in [3.8, 4) is 28.7 Å². The lowest BCUT2D eigenvalue weighted by Gasteiger charge is -2.12. The molecule has 152 valence electrons. The van der Waals surface area contributed by atoms with Crippen LogP contribution in [0.3, 0.4) is 0 Å². The van der Waals surface area contributed by atoms with Gasteiger partial charge in [-0.05, 0) is 24.3 Å². The van der Waals surface area contributed by atoms with Crippen molar-refractivity contribution in [1.82, 2.24) is 10.2 Å². The SMILES string of the molecule is COc1cccc(-c2nnc(SCC(=O)Nc3cc(Cl)c(OC)cc3OC)o2)c1. The molecule has 1 aromatic heterocycles.